The highest BCUT2D eigenvalue weighted by atomic mass is 16.5. The maximum absolute atomic E-state index is 12.8. The van der Waals surface area contributed by atoms with Crippen LogP contribution in [0.2, 0.25) is 0 Å². The van der Waals surface area contributed by atoms with Gasteiger partial charge in [-0.15, -0.1) is 0 Å². The molecule has 0 spiro atoms. The molecule has 7 heteroatoms. The highest BCUT2D eigenvalue weighted by molar-refractivity contribution is 5.84. The zero-order valence-corrected chi connectivity index (χ0v) is 18.4. The fraction of sp³-hybridized carbons (Fsp3) is 0.870. The van der Waals surface area contributed by atoms with Crippen molar-refractivity contribution in [2.24, 2.45) is 17.8 Å². The van der Waals surface area contributed by atoms with E-state index in [4.69, 9.17) is 4.74 Å². The Balaban J connectivity index is 1.42. The lowest BCUT2D eigenvalue weighted by atomic mass is 9.73. The molecule has 0 aromatic heterocycles. The Bertz CT molecular complexity index is 587. The first-order valence-electron chi connectivity index (χ1n) is 11.7. The van der Waals surface area contributed by atoms with Crippen molar-refractivity contribution in [3.05, 3.63) is 0 Å². The molecule has 0 heterocycles. The molecule has 3 aliphatic rings. The standard InChI is InChI=1S/C23H38N2O5/c1-14(26)15-11-16(13-17(12-15)23(28)29)22(27)25-19-5-9-21(10-6-19)30-20-7-3-18(24-2)4-8-20/h15-21,24H,3-13H2,1-2H3,(H,25,27)(H,28,29). The van der Waals surface area contributed by atoms with E-state index < -0.39 is 11.9 Å². The van der Waals surface area contributed by atoms with Crippen molar-refractivity contribution in [1.82, 2.24) is 10.6 Å². The molecule has 3 atom stereocenters. The summed E-state index contributed by atoms with van der Waals surface area (Å²) in [4.78, 5) is 36.1. The molecule has 30 heavy (non-hydrogen) atoms. The highest BCUT2D eigenvalue weighted by Crippen LogP contribution is 2.35. The summed E-state index contributed by atoms with van der Waals surface area (Å²) in [6.07, 6.45) is 10.1. The molecule has 0 bridgehead atoms. The van der Waals surface area contributed by atoms with E-state index in [1.54, 1.807) is 0 Å². The Labute approximate surface area is 179 Å². The summed E-state index contributed by atoms with van der Waals surface area (Å²) in [7, 11) is 2.02. The fourth-order valence-corrected chi connectivity index (χ4v) is 5.49. The maximum atomic E-state index is 12.8. The van der Waals surface area contributed by atoms with Gasteiger partial charge in [0.2, 0.25) is 5.91 Å². The van der Waals surface area contributed by atoms with Crippen LogP contribution in [0.1, 0.15) is 77.6 Å². The average molecular weight is 423 g/mol. The number of Topliss-reactive ketones (excluding diaryl/α,β-unsaturated/α-hetero) is 1. The molecule has 3 saturated carbocycles. The lowest BCUT2D eigenvalue weighted by Gasteiger charge is -2.36. The summed E-state index contributed by atoms with van der Waals surface area (Å²) < 4.78 is 6.33. The number of ether oxygens (including phenoxy) is 1. The summed E-state index contributed by atoms with van der Waals surface area (Å²) in [5.74, 6) is -2.31. The van der Waals surface area contributed by atoms with E-state index in [0.717, 1.165) is 38.5 Å². The molecule has 0 saturated heterocycles. The fourth-order valence-electron chi connectivity index (χ4n) is 5.49. The number of hydrogen-bond acceptors (Lipinski definition) is 5. The van der Waals surface area contributed by atoms with Crippen molar-refractivity contribution in [2.45, 2.75) is 102 Å². The lowest BCUT2D eigenvalue weighted by molar-refractivity contribution is -0.145. The van der Waals surface area contributed by atoms with Gasteiger partial charge in [0.1, 0.15) is 5.78 Å². The molecule has 3 rings (SSSR count). The van der Waals surface area contributed by atoms with Crippen LogP contribution in [0.3, 0.4) is 0 Å². The van der Waals surface area contributed by atoms with E-state index in [1.807, 2.05) is 7.05 Å². The van der Waals surface area contributed by atoms with Crippen molar-refractivity contribution in [3.63, 3.8) is 0 Å². The number of rotatable bonds is 7. The summed E-state index contributed by atoms with van der Waals surface area (Å²) in [6, 6.07) is 0.747. The third kappa shape index (κ3) is 6.27. The molecular formula is C23H38N2O5. The summed E-state index contributed by atoms with van der Waals surface area (Å²) in [6.45, 7) is 1.50. The molecule has 0 aromatic rings. The van der Waals surface area contributed by atoms with E-state index in [1.165, 1.54) is 19.8 Å². The average Bonchev–Trinajstić information content (AvgIpc) is 2.75. The minimum Gasteiger partial charge on any atom is -0.481 e. The van der Waals surface area contributed by atoms with E-state index in [-0.39, 0.29) is 35.7 Å². The van der Waals surface area contributed by atoms with Gasteiger partial charge >= 0.3 is 5.97 Å². The SMILES string of the molecule is CNC1CCC(OC2CCC(NC(=O)C3CC(C(C)=O)CC(C(=O)O)C3)CC2)CC1. The van der Waals surface area contributed by atoms with E-state index in [0.29, 0.717) is 31.4 Å². The number of aliphatic carboxylic acids is 1. The van der Waals surface area contributed by atoms with Gasteiger partial charge in [0.25, 0.3) is 0 Å². The van der Waals surface area contributed by atoms with Gasteiger partial charge in [-0.05, 0) is 84.6 Å². The third-order valence-electron chi connectivity index (χ3n) is 7.49. The topological polar surface area (TPSA) is 105 Å². The van der Waals surface area contributed by atoms with Crippen LogP contribution < -0.4 is 10.6 Å². The lowest BCUT2D eigenvalue weighted by Crippen LogP contribution is -2.45. The number of ketones is 1. The van der Waals surface area contributed by atoms with E-state index in [2.05, 4.69) is 10.6 Å². The number of hydrogen-bond donors (Lipinski definition) is 3. The summed E-state index contributed by atoms with van der Waals surface area (Å²) in [5, 5.41) is 15.9. The molecule has 3 unspecified atom stereocenters. The number of amides is 1. The zero-order chi connectivity index (χ0) is 21.7. The van der Waals surface area contributed by atoms with Crippen LogP contribution in [0.5, 0.6) is 0 Å². The van der Waals surface area contributed by atoms with Gasteiger partial charge in [-0.2, -0.15) is 0 Å². The van der Waals surface area contributed by atoms with Crippen LogP contribution in [-0.2, 0) is 19.1 Å². The van der Waals surface area contributed by atoms with Crippen LogP contribution in [0.25, 0.3) is 0 Å². The van der Waals surface area contributed by atoms with E-state index >= 15 is 0 Å². The molecule has 170 valence electrons. The smallest absolute Gasteiger partial charge is 0.306 e. The first-order valence-corrected chi connectivity index (χ1v) is 11.7. The quantitative estimate of drug-likeness (QED) is 0.583. The van der Waals surface area contributed by atoms with Gasteiger partial charge in [0.05, 0.1) is 18.1 Å². The van der Waals surface area contributed by atoms with Crippen LogP contribution >= 0.6 is 0 Å². The van der Waals surface area contributed by atoms with Gasteiger partial charge < -0.3 is 20.5 Å². The molecule has 3 fully saturated rings. The van der Waals surface area contributed by atoms with Crippen LogP contribution in [0, 0.1) is 17.8 Å². The normalized spacial score (nSPS) is 37.3. The highest BCUT2D eigenvalue weighted by Gasteiger charge is 2.38. The van der Waals surface area contributed by atoms with Crippen molar-refractivity contribution >= 4 is 17.7 Å². The first-order chi connectivity index (χ1) is 14.4. The van der Waals surface area contributed by atoms with Crippen LogP contribution in [-0.4, -0.2) is 54.1 Å². The molecule has 0 aromatic carbocycles. The van der Waals surface area contributed by atoms with Crippen LogP contribution in [0.15, 0.2) is 0 Å². The molecule has 3 aliphatic carbocycles. The number of carboxylic acids is 1. The maximum Gasteiger partial charge on any atom is 0.306 e. The second-order valence-corrected chi connectivity index (χ2v) is 9.63. The van der Waals surface area contributed by atoms with Gasteiger partial charge in [-0.3, -0.25) is 14.4 Å². The number of carbonyl (C=O) groups is 3. The largest absolute Gasteiger partial charge is 0.481 e. The van der Waals surface area contributed by atoms with Gasteiger partial charge in [-0.25, -0.2) is 0 Å². The molecule has 1 amide bonds. The third-order valence-corrected chi connectivity index (χ3v) is 7.49. The minimum atomic E-state index is -0.903. The number of nitrogens with one attached hydrogen (secondary N) is 2. The van der Waals surface area contributed by atoms with Crippen molar-refractivity contribution < 1.29 is 24.2 Å². The minimum absolute atomic E-state index is 0.0137. The zero-order valence-electron chi connectivity index (χ0n) is 18.4. The predicted octanol–water partition coefficient (Wildman–Crippen LogP) is 2.67. The number of carbonyl (C=O) groups excluding carboxylic acids is 2. The number of carboxylic acid groups (broad SMARTS) is 1. The summed E-state index contributed by atoms with van der Waals surface area (Å²) in [5.41, 5.74) is 0. The monoisotopic (exact) mass is 422 g/mol. The van der Waals surface area contributed by atoms with Gasteiger partial charge in [-0.1, -0.05) is 0 Å². The molecule has 3 N–H and O–H groups in total. The van der Waals surface area contributed by atoms with Crippen LogP contribution in [0.4, 0.5) is 0 Å². The van der Waals surface area contributed by atoms with E-state index in [9.17, 15) is 19.5 Å². The molecular weight excluding hydrogens is 384 g/mol. The van der Waals surface area contributed by atoms with Gasteiger partial charge in [0.15, 0.2) is 0 Å². The Hall–Kier alpha value is -1.47. The first kappa shape index (κ1) is 23.2. The second-order valence-electron chi connectivity index (χ2n) is 9.63. The Morgan fingerprint density at radius 1 is 0.767 bits per heavy atom. The second kappa shape index (κ2) is 10.7. The van der Waals surface area contributed by atoms with Crippen molar-refractivity contribution in [1.29, 1.82) is 0 Å². The predicted molar refractivity (Wildman–Crippen MR) is 113 cm³/mol. The molecule has 0 aliphatic heterocycles. The Morgan fingerprint density at radius 3 is 1.77 bits per heavy atom. The molecule has 0 radical (unpaired) electrons. The molecule has 7 nitrogen and oxygen atoms in total. The Kier molecular flexibility index (Phi) is 8.28. The van der Waals surface area contributed by atoms with Crippen molar-refractivity contribution in [2.75, 3.05) is 7.05 Å². The summed E-state index contributed by atoms with van der Waals surface area (Å²) >= 11 is 0. The van der Waals surface area contributed by atoms with Gasteiger partial charge in [0, 0.05) is 23.9 Å². The van der Waals surface area contributed by atoms with Crippen molar-refractivity contribution in [3.8, 4) is 0 Å². The Morgan fingerprint density at radius 2 is 1.27 bits per heavy atom.